The third-order valence-electron chi connectivity index (χ3n) is 6.44. The molecule has 3 heterocycles. The highest BCUT2D eigenvalue weighted by Crippen LogP contribution is 2.36. The summed E-state index contributed by atoms with van der Waals surface area (Å²) in [4.78, 5) is 23.7. The quantitative estimate of drug-likeness (QED) is 0.239. The molecule has 0 aliphatic rings. The summed E-state index contributed by atoms with van der Waals surface area (Å²) in [6.07, 6.45) is 3.49. The van der Waals surface area contributed by atoms with Gasteiger partial charge in [0.2, 0.25) is 5.89 Å². The summed E-state index contributed by atoms with van der Waals surface area (Å²) in [6.45, 7) is 0. The average molecular weight is 504 g/mol. The van der Waals surface area contributed by atoms with Gasteiger partial charge in [0.15, 0.2) is 23.1 Å². The summed E-state index contributed by atoms with van der Waals surface area (Å²) >= 11 is 0. The van der Waals surface area contributed by atoms with Crippen LogP contribution < -0.4 is 0 Å². The van der Waals surface area contributed by atoms with Crippen molar-refractivity contribution in [3.05, 3.63) is 128 Å². The van der Waals surface area contributed by atoms with Crippen molar-refractivity contribution in [2.75, 3.05) is 0 Å². The van der Waals surface area contributed by atoms with Gasteiger partial charge < -0.3 is 4.42 Å². The fourth-order valence-electron chi connectivity index (χ4n) is 4.54. The van der Waals surface area contributed by atoms with Gasteiger partial charge in [-0.2, -0.15) is 0 Å². The van der Waals surface area contributed by atoms with E-state index in [2.05, 4.69) is 23.2 Å². The molecule has 0 saturated heterocycles. The highest BCUT2D eigenvalue weighted by molar-refractivity contribution is 5.95. The Hall–Kier alpha value is -5.49. The average Bonchev–Trinajstić information content (AvgIpc) is 3.47. The Kier molecular flexibility index (Phi) is 5.68. The molecule has 7 aromatic rings. The van der Waals surface area contributed by atoms with E-state index in [-0.39, 0.29) is 0 Å². The van der Waals surface area contributed by atoms with E-state index >= 15 is 0 Å². The lowest BCUT2D eigenvalue weighted by Crippen LogP contribution is -2.00. The number of aromatic nitrogens is 5. The normalized spacial score (nSPS) is 11.1. The maximum atomic E-state index is 6.34. The number of nitrogens with zero attached hydrogens (tertiary/aromatic N) is 5. The molecule has 0 radical (unpaired) electrons. The van der Waals surface area contributed by atoms with E-state index in [1.54, 1.807) is 12.4 Å². The van der Waals surface area contributed by atoms with E-state index in [0.29, 0.717) is 28.9 Å². The molecule has 0 atom stereocenters. The van der Waals surface area contributed by atoms with Crippen LogP contribution in [0.3, 0.4) is 0 Å². The van der Waals surface area contributed by atoms with E-state index < -0.39 is 0 Å². The molecule has 0 bridgehead atoms. The van der Waals surface area contributed by atoms with Crippen LogP contribution in [0.5, 0.6) is 0 Å². The first kappa shape index (κ1) is 22.7. The van der Waals surface area contributed by atoms with Gasteiger partial charge >= 0.3 is 0 Å². The molecule has 3 aromatic heterocycles. The zero-order chi connectivity index (χ0) is 26.0. The Labute approximate surface area is 224 Å². The minimum absolute atomic E-state index is 0.547. The molecule has 6 nitrogen and oxygen atoms in total. The van der Waals surface area contributed by atoms with Crippen LogP contribution in [-0.4, -0.2) is 24.9 Å². The topological polar surface area (TPSA) is 77.6 Å². The minimum atomic E-state index is 0.547. The summed E-state index contributed by atoms with van der Waals surface area (Å²) in [5, 5.41) is 0. The van der Waals surface area contributed by atoms with Crippen LogP contribution in [0.1, 0.15) is 0 Å². The SMILES string of the molecule is c1ccc(-c2nc(-c3cccnc3)nc(-c3cc(-c4ccccc4)c4oc(-c5ccccc5)nc4c3)n2)cc1. The van der Waals surface area contributed by atoms with Gasteiger partial charge in [-0.1, -0.05) is 78.9 Å². The van der Waals surface area contributed by atoms with Crippen LogP contribution in [0.4, 0.5) is 0 Å². The summed E-state index contributed by atoms with van der Waals surface area (Å²) in [7, 11) is 0. The lowest BCUT2D eigenvalue weighted by Gasteiger charge is -2.10. The third-order valence-corrected chi connectivity index (χ3v) is 6.44. The molecule has 0 aliphatic heterocycles. The van der Waals surface area contributed by atoms with Crippen LogP contribution in [-0.2, 0) is 0 Å². The third kappa shape index (κ3) is 4.45. The largest absolute Gasteiger partial charge is 0.435 e. The number of hydrogen-bond acceptors (Lipinski definition) is 6. The molecule has 39 heavy (non-hydrogen) atoms. The van der Waals surface area contributed by atoms with Crippen LogP contribution >= 0.6 is 0 Å². The zero-order valence-electron chi connectivity index (χ0n) is 20.8. The molecule has 184 valence electrons. The fourth-order valence-corrected chi connectivity index (χ4v) is 4.54. The molecule has 7 rings (SSSR count). The second-order valence-corrected chi connectivity index (χ2v) is 9.04. The smallest absolute Gasteiger partial charge is 0.227 e. The highest BCUT2D eigenvalue weighted by atomic mass is 16.3. The monoisotopic (exact) mass is 503 g/mol. The fraction of sp³-hybridized carbons (Fsp3) is 0. The van der Waals surface area contributed by atoms with E-state index in [9.17, 15) is 0 Å². The van der Waals surface area contributed by atoms with Gasteiger partial charge in [-0.3, -0.25) is 4.98 Å². The van der Waals surface area contributed by atoms with Crippen molar-refractivity contribution >= 4 is 11.1 Å². The summed E-state index contributed by atoms with van der Waals surface area (Å²) in [6, 6.07) is 37.8. The van der Waals surface area contributed by atoms with E-state index in [1.165, 1.54) is 0 Å². The first-order chi connectivity index (χ1) is 19.3. The van der Waals surface area contributed by atoms with Gasteiger partial charge in [-0.25, -0.2) is 19.9 Å². The molecule has 4 aromatic carbocycles. The Balaban J connectivity index is 1.47. The van der Waals surface area contributed by atoms with Gasteiger partial charge in [0.1, 0.15) is 5.52 Å². The van der Waals surface area contributed by atoms with Gasteiger partial charge in [0.25, 0.3) is 0 Å². The number of pyridine rings is 1. The van der Waals surface area contributed by atoms with E-state index in [4.69, 9.17) is 24.4 Å². The molecule has 0 saturated carbocycles. The van der Waals surface area contributed by atoms with Crippen LogP contribution in [0.2, 0.25) is 0 Å². The van der Waals surface area contributed by atoms with E-state index in [1.807, 2.05) is 97.1 Å². The number of benzene rings is 4. The number of oxazole rings is 1. The number of fused-ring (bicyclic) bond motifs is 1. The maximum Gasteiger partial charge on any atom is 0.227 e. The Morgan fingerprint density at radius 1 is 0.462 bits per heavy atom. The van der Waals surface area contributed by atoms with Crippen LogP contribution in [0.25, 0.3) is 67.8 Å². The summed E-state index contributed by atoms with van der Waals surface area (Å²) in [5.41, 5.74) is 6.84. The van der Waals surface area contributed by atoms with Gasteiger partial charge in [-0.05, 0) is 42.0 Å². The zero-order valence-corrected chi connectivity index (χ0v) is 20.8. The molecule has 0 amide bonds. The second kappa shape index (κ2) is 9.76. The molecule has 0 fully saturated rings. The molecule has 0 unspecified atom stereocenters. The van der Waals surface area contributed by atoms with Crippen molar-refractivity contribution in [2.45, 2.75) is 0 Å². The van der Waals surface area contributed by atoms with Crippen molar-refractivity contribution in [3.63, 3.8) is 0 Å². The number of hydrogen-bond donors (Lipinski definition) is 0. The second-order valence-electron chi connectivity index (χ2n) is 9.04. The Morgan fingerprint density at radius 3 is 1.67 bits per heavy atom. The molecular weight excluding hydrogens is 482 g/mol. The first-order valence-electron chi connectivity index (χ1n) is 12.6. The Morgan fingerprint density at radius 2 is 1.03 bits per heavy atom. The standard InChI is InChI=1S/C33H21N5O/c1-4-11-22(12-5-1)27-19-26(20-28-29(27)39-33(35-28)24-15-8-3-9-16-24)32-37-30(23-13-6-2-7-14-23)36-31(38-32)25-17-10-18-34-21-25/h1-21H. The highest BCUT2D eigenvalue weighted by Gasteiger charge is 2.18. The first-order valence-corrected chi connectivity index (χ1v) is 12.6. The van der Waals surface area contributed by atoms with Gasteiger partial charge in [0, 0.05) is 40.2 Å². The minimum Gasteiger partial charge on any atom is -0.435 e. The number of rotatable bonds is 5. The molecule has 0 spiro atoms. The van der Waals surface area contributed by atoms with Crippen molar-refractivity contribution in [3.8, 4) is 56.7 Å². The van der Waals surface area contributed by atoms with Crippen LogP contribution in [0.15, 0.2) is 132 Å². The van der Waals surface area contributed by atoms with Crippen molar-refractivity contribution in [1.82, 2.24) is 24.9 Å². The lowest BCUT2D eigenvalue weighted by atomic mass is 10.0. The predicted molar refractivity (Wildman–Crippen MR) is 152 cm³/mol. The van der Waals surface area contributed by atoms with Crippen molar-refractivity contribution < 1.29 is 4.42 Å². The van der Waals surface area contributed by atoms with Crippen LogP contribution in [0, 0.1) is 0 Å². The lowest BCUT2D eigenvalue weighted by molar-refractivity contribution is 0.621. The van der Waals surface area contributed by atoms with Crippen molar-refractivity contribution in [1.29, 1.82) is 0 Å². The Bertz CT molecular complexity index is 1830. The molecular formula is C33H21N5O. The summed E-state index contributed by atoms with van der Waals surface area (Å²) < 4.78 is 6.34. The van der Waals surface area contributed by atoms with Crippen molar-refractivity contribution in [2.24, 2.45) is 0 Å². The molecule has 0 aliphatic carbocycles. The summed E-state index contributed by atoms with van der Waals surface area (Å²) in [5.74, 6) is 2.26. The van der Waals surface area contributed by atoms with Gasteiger partial charge in [-0.15, -0.1) is 0 Å². The predicted octanol–water partition coefficient (Wildman–Crippen LogP) is 7.74. The van der Waals surface area contributed by atoms with Gasteiger partial charge in [0.05, 0.1) is 0 Å². The maximum absolute atomic E-state index is 6.34. The molecule has 0 N–H and O–H groups in total. The van der Waals surface area contributed by atoms with E-state index in [0.717, 1.165) is 38.9 Å². The molecule has 6 heteroatoms.